The first kappa shape index (κ1) is 17.0. The maximum atomic E-state index is 3.26. The summed E-state index contributed by atoms with van der Waals surface area (Å²) < 4.78 is 0. The molecule has 24 heavy (non-hydrogen) atoms. The van der Waals surface area contributed by atoms with Crippen LogP contribution >= 0.6 is 0 Å². The van der Waals surface area contributed by atoms with E-state index in [0.717, 1.165) is 18.8 Å². The third-order valence-corrected chi connectivity index (χ3v) is 4.64. The number of hydrazine groups is 1. The Labute approximate surface area is 145 Å². The van der Waals surface area contributed by atoms with Crippen molar-refractivity contribution < 1.29 is 0 Å². The number of likely N-dealkylation sites (N-methyl/N-ethyl adjacent to an activating group) is 1. The molecule has 4 nitrogen and oxygen atoms in total. The van der Waals surface area contributed by atoms with Gasteiger partial charge < -0.3 is 10.3 Å². The third-order valence-electron chi connectivity index (χ3n) is 4.64. The predicted molar refractivity (Wildman–Crippen MR) is 101 cm³/mol. The zero-order valence-corrected chi connectivity index (χ0v) is 14.5. The van der Waals surface area contributed by atoms with Crippen molar-refractivity contribution in [3.05, 3.63) is 65.7 Å². The molecule has 0 spiro atoms. The van der Waals surface area contributed by atoms with Gasteiger partial charge in [0.1, 0.15) is 0 Å². The number of benzene rings is 2. The van der Waals surface area contributed by atoms with Gasteiger partial charge in [0.2, 0.25) is 0 Å². The SMILES string of the molecule is CCN1CCN(Cc2ccc(CNNc3ccccc3)cc2)CC1. The summed E-state index contributed by atoms with van der Waals surface area (Å²) in [6, 6.07) is 19.1. The smallest absolute Gasteiger partial charge is 0.0487 e. The molecule has 4 heteroatoms. The second-order valence-corrected chi connectivity index (χ2v) is 6.37. The first-order valence-electron chi connectivity index (χ1n) is 8.90. The number of nitrogens with one attached hydrogen (secondary N) is 2. The number of nitrogens with zero attached hydrogens (tertiary/aromatic N) is 2. The minimum atomic E-state index is 0.810. The monoisotopic (exact) mass is 324 g/mol. The van der Waals surface area contributed by atoms with E-state index in [0.29, 0.717) is 0 Å². The summed E-state index contributed by atoms with van der Waals surface area (Å²) in [6.45, 7) is 10.0. The standard InChI is InChI=1S/C20H28N4/c1-2-23-12-14-24(15-13-23)17-19-10-8-18(9-11-19)16-21-22-20-6-4-3-5-7-20/h3-11,21-22H,2,12-17H2,1H3. The van der Waals surface area contributed by atoms with E-state index in [-0.39, 0.29) is 0 Å². The molecule has 2 aromatic carbocycles. The van der Waals surface area contributed by atoms with Crippen LogP contribution in [0.4, 0.5) is 5.69 Å². The van der Waals surface area contributed by atoms with Gasteiger partial charge in [-0.3, -0.25) is 4.90 Å². The Hall–Kier alpha value is -1.88. The maximum absolute atomic E-state index is 3.26. The molecule has 1 saturated heterocycles. The molecule has 2 aromatic rings. The summed E-state index contributed by atoms with van der Waals surface area (Å²) in [5.74, 6) is 0. The molecule has 0 aromatic heterocycles. The first-order valence-corrected chi connectivity index (χ1v) is 8.90. The topological polar surface area (TPSA) is 30.5 Å². The van der Waals surface area contributed by atoms with Crippen LogP contribution in [-0.2, 0) is 13.1 Å². The van der Waals surface area contributed by atoms with Crippen molar-refractivity contribution in [2.45, 2.75) is 20.0 Å². The lowest BCUT2D eigenvalue weighted by Gasteiger charge is -2.34. The molecule has 0 saturated carbocycles. The van der Waals surface area contributed by atoms with E-state index in [1.807, 2.05) is 30.3 Å². The highest BCUT2D eigenvalue weighted by molar-refractivity contribution is 5.41. The largest absolute Gasteiger partial charge is 0.321 e. The summed E-state index contributed by atoms with van der Waals surface area (Å²) >= 11 is 0. The lowest BCUT2D eigenvalue weighted by atomic mass is 10.1. The lowest BCUT2D eigenvalue weighted by Crippen LogP contribution is -2.45. The van der Waals surface area contributed by atoms with Crippen LogP contribution in [0.5, 0.6) is 0 Å². The molecule has 0 bridgehead atoms. The highest BCUT2D eigenvalue weighted by atomic mass is 15.3. The summed E-state index contributed by atoms with van der Waals surface area (Å²) in [4.78, 5) is 5.07. The van der Waals surface area contributed by atoms with Crippen molar-refractivity contribution in [3.8, 4) is 0 Å². The number of hydrogen-bond acceptors (Lipinski definition) is 4. The zero-order valence-electron chi connectivity index (χ0n) is 14.5. The van der Waals surface area contributed by atoms with Crippen LogP contribution in [0.2, 0.25) is 0 Å². The van der Waals surface area contributed by atoms with Crippen molar-refractivity contribution in [1.29, 1.82) is 0 Å². The molecule has 0 amide bonds. The van der Waals surface area contributed by atoms with Gasteiger partial charge in [0, 0.05) is 45.0 Å². The Kier molecular flexibility index (Phi) is 6.24. The quantitative estimate of drug-likeness (QED) is 0.767. The first-order chi connectivity index (χ1) is 11.8. The third kappa shape index (κ3) is 5.06. The van der Waals surface area contributed by atoms with E-state index in [2.05, 4.69) is 51.8 Å². The molecule has 0 unspecified atom stereocenters. The fraction of sp³-hybridized carbons (Fsp3) is 0.400. The Bertz CT molecular complexity index is 589. The summed E-state index contributed by atoms with van der Waals surface area (Å²) in [5, 5.41) is 0. The molecule has 0 aliphatic carbocycles. The Morgan fingerprint density at radius 3 is 2.08 bits per heavy atom. The number of anilines is 1. The molecular formula is C20H28N4. The van der Waals surface area contributed by atoms with Crippen molar-refractivity contribution in [2.24, 2.45) is 0 Å². The van der Waals surface area contributed by atoms with Gasteiger partial charge in [0.25, 0.3) is 0 Å². The van der Waals surface area contributed by atoms with E-state index in [1.165, 1.54) is 43.9 Å². The fourth-order valence-corrected chi connectivity index (χ4v) is 3.05. The van der Waals surface area contributed by atoms with Gasteiger partial charge in [-0.1, -0.05) is 49.4 Å². The number of hydrogen-bond donors (Lipinski definition) is 2. The van der Waals surface area contributed by atoms with Crippen LogP contribution in [0.15, 0.2) is 54.6 Å². The van der Waals surface area contributed by atoms with Gasteiger partial charge in [-0.2, -0.15) is 0 Å². The Morgan fingerprint density at radius 1 is 0.792 bits per heavy atom. The number of rotatable bonds is 7. The maximum Gasteiger partial charge on any atom is 0.0487 e. The molecule has 0 atom stereocenters. The number of para-hydroxylation sites is 1. The second kappa shape index (κ2) is 8.83. The van der Waals surface area contributed by atoms with Crippen LogP contribution in [-0.4, -0.2) is 42.5 Å². The van der Waals surface area contributed by atoms with Crippen LogP contribution < -0.4 is 10.9 Å². The van der Waals surface area contributed by atoms with Crippen LogP contribution in [0, 0.1) is 0 Å². The molecule has 1 fully saturated rings. The van der Waals surface area contributed by atoms with Gasteiger partial charge in [-0.15, -0.1) is 0 Å². The highest BCUT2D eigenvalue weighted by Gasteiger charge is 2.15. The summed E-state index contributed by atoms with van der Waals surface area (Å²) in [6.07, 6.45) is 0. The molecular weight excluding hydrogens is 296 g/mol. The normalized spacial score (nSPS) is 16.2. The van der Waals surface area contributed by atoms with E-state index in [4.69, 9.17) is 0 Å². The van der Waals surface area contributed by atoms with Crippen molar-refractivity contribution in [1.82, 2.24) is 15.2 Å². The summed E-state index contributed by atoms with van der Waals surface area (Å²) in [5.41, 5.74) is 10.3. The lowest BCUT2D eigenvalue weighted by molar-refractivity contribution is 0.132. The van der Waals surface area contributed by atoms with Gasteiger partial charge in [-0.05, 0) is 29.8 Å². The van der Waals surface area contributed by atoms with Gasteiger partial charge in [0.05, 0.1) is 0 Å². The molecule has 2 N–H and O–H groups in total. The zero-order chi connectivity index (χ0) is 16.6. The summed E-state index contributed by atoms with van der Waals surface area (Å²) in [7, 11) is 0. The molecule has 0 radical (unpaired) electrons. The molecule has 1 heterocycles. The van der Waals surface area contributed by atoms with Gasteiger partial charge in [-0.25, -0.2) is 5.43 Å². The Balaban J connectivity index is 1.42. The highest BCUT2D eigenvalue weighted by Crippen LogP contribution is 2.10. The Morgan fingerprint density at radius 2 is 1.42 bits per heavy atom. The van der Waals surface area contributed by atoms with Gasteiger partial charge in [0.15, 0.2) is 0 Å². The van der Waals surface area contributed by atoms with Gasteiger partial charge >= 0.3 is 0 Å². The van der Waals surface area contributed by atoms with Crippen LogP contribution in [0.25, 0.3) is 0 Å². The van der Waals surface area contributed by atoms with E-state index >= 15 is 0 Å². The van der Waals surface area contributed by atoms with E-state index in [1.54, 1.807) is 0 Å². The van der Waals surface area contributed by atoms with Crippen molar-refractivity contribution in [2.75, 3.05) is 38.1 Å². The van der Waals surface area contributed by atoms with Crippen molar-refractivity contribution >= 4 is 5.69 Å². The molecule has 1 aliphatic heterocycles. The molecule has 1 aliphatic rings. The fourth-order valence-electron chi connectivity index (χ4n) is 3.05. The molecule has 3 rings (SSSR count). The van der Waals surface area contributed by atoms with E-state index < -0.39 is 0 Å². The average molecular weight is 324 g/mol. The second-order valence-electron chi connectivity index (χ2n) is 6.37. The minimum Gasteiger partial charge on any atom is -0.321 e. The minimum absolute atomic E-state index is 0.810. The average Bonchev–Trinajstić information content (AvgIpc) is 2.65. The van der Waals surface area contributed by atoms with E-state index in [9.17, 15) is 0 Å². The molecule has 128 valence electrons. The van der Waals surface area contributed by atoms with Crippen LogP contribution in [0.1, 0.15) is 18.1 Å². The van der Waals surface area contributed by atoms with Crippen LogP contribution in [0.3, 0.4) is 0 Å². The number of piperazine rings is 1. The van der Waals surface area contributed by atoms with Crippen molar-refractivity contribution in [3.63, 3.8) is 0 Å². The predicted octanol–water partition coefficient (Wildman–Crippen LogP) is 2.94.